The standard InChI is InChI=1S/C18H23BrN2O4/c1-3-4-9-25-16(22)11-15-17(23)20-7-8-21(15)18(24)13-6-5-12(2)14(19)10-13/h5-6,10,15H,3-4,7-9,11H2,1-2H3,(H,20,23). The Morgan fingerprint density at radius 3 is 2.84 bits per heavy atom. The molecule has 1 aliphatic heterocycles. The van der Waals surface area contributed by atoms with E-state index in [1.807, 2.05) is 19.9 Å². The topological polar surface area (TPSA) is 75.7 Å². The van der Waals surface area contributed by atoms with E-state index in [9.17, 15) is 14.4 Å². The van der Waals surface area contributed by atoms with Gasteiger partial charge in [0.2, 0.25) is 5.91 Å². The maximum absolute atomic E-state index is 12.8. The number of rotatable bonds is 6. The number of piperazine rings is 1. The minimum atomic E-state index is -0.838. The van der Waals surface area contributed by atoms with Crippen LogP contribution in [0.15, 0.2) is 22.7 Å². The van der Waals surface area contributed by atoms with Crippen LogP contribution >= 0.6 is 15.9 Å². The van der Waals surface area contributed by atoms with Crippen molar-refractivity contribution in [1.29, 1.82) is 0 Å². The lowest BCUT2D eigenvalue weighted by atomic mass is 10.1. The molecule has 1 N–H and O–H groups in total. The summed E-state index contributed by atoms with van der Waals surface area (Å²) >= 11 is 3.42. The number of amides is 2. The van der Waals surface area contributed by atoms with Gasteiger partial charge in [-0.2, -0.15) is 0 Å². The number of nitrogens with one attached hydrogen (secondary N) is 1. The van der Waals surface area contributed by atoms with Crippen molar-refractivity contribution in [1.82, 2.24) is 10.2 Å². The summed E-state index contributed by atoms with van der Waals surface area (Å²) in [6.45, 7) is 5.01. The molecule has 1 fully saturated rings. The van der Waals surface area contributed by atoms with Crippen LogP contribution < -0.4 is 5.32 Å². The molecule has 2 amide bonds. The number of unbranched alkanes of at least 4 members (excludes halogenated alkanes) is 1. The highest BCUT2D eigenvalue weighted by molar-refractivity contribution is 9.10. The SMILES string of the molecule is CCCCOC(=O)CC1C(=O)NCCN1C(=O)c1ccc(C)c(Br)c1. The first-order valence-electron chi connectivity index (χ1n) is 8.44. The third-order valence-corrected chi connectivity index (χ3v) is 4.99. The zero-order valence-corrected chi connectivity index (χ0v) is 16.1. The lowest BCUT2D eigenvalue weighted by Gasteiger charge is -2.34. The Bertz CT molecular complexity index is 662. The first-order valence-corrected chi connectivity index (χ1v) is 9.23. The first-order chi connectivity index (χ1) is 11.9. The molecule has 2 rings (SSSR count). The number of hydrogen-bond donors (Lipinski definition) is 1. The Balaban J connectivity index is 2.12. The van der Waals surface area contributed by atoms with E-state index in [1.165, 1.54) is 4.90 Å². The Morgan fingerprint density at radius 2 is 2.16 bits per heavy atom. The van der Waals surface area contributed by atoms with Crippen LogP contribution in [0, 0.1) is 6.92 Å². The zero-order chi connectivity index (χ0) is 18.4. The predicted molar refractivity (Wildman–Crippen MR) is 97.2 cm³/mol. The van der Waals surface area contributed by atoms with Gasteiger partial charge in [-0.25, -0.2) is 0 Å². The summed E-state index contributed by atoms with van der Waals surface area (Å²) in [6, 6.07) is 4.47. The van der Waals surface area contributed by atoms with Crippen molar-refractivity contribution in [3.8, 4) is 0 Å². The third kappa shape index (κ3) is 5.04. The molecule has 1 aromatic carbocycles. The Kier molecular flexibility index (Phi) is 6.99. The van der Waals surface area contributed by atoms with Gasteiger partial charge in [0.15, 0.2) is 0 Å². The van der Waals surface area contributed by atoms with E-state index in [0.717, 1.165) is 22.9 Å². The lowest BCUT2D eigenvalue weighted by Crippen LogP contribution is -2.57. The highest BCUT2D eigenvalue weighted by Crippen LogP contribution is 2.21. The van der Waals surface area contributed by atoms with E-state index in [4.69, 9.17) is 4.74 Å². The van der Waals surface area contributed by atoms with Crippen LogP contribution in [0.2, 0.25) is 0 Å². The average Bonchev–Trinajstić information content (AvgIpc) is 2.59. The van der Waals surface area contributed by atoms with Gasteiger partial charge in [-0.3, -0.25) is 14.4 Å². The number of halogens is 1. The monoisotopic (exact) mass is 410 g/mol. The number of nitrogens with zero attached hydrogens (tertiary/aromatic N) is 1. The summed E-state index contributed by atoms with van der Waals surface area (Å²) in [7, 11) is 0. The third-order valence-electron chi connectivity index (χ3n) is 4.13. The van der Waals surface area contributed by atoms with Crippen LogP contribution in [0.3, 0.4) is 0 Å². The second-order valence-electron chi connectivity index (χ2n) is 6.05. The molecule has 136 valence electrons. The molecular formula is C18H23BrN2O4. The molecule has 1 aromatic rings. The minimum absolute atomic E-state index is 0.131. The smallest absolute Gasteiger partial charge is 0.308 e. The quantitative estimate of drug-likeness (QED) is 0.577. The van der Waals surface area contributed by atoms with Crippen molar-refractivity contribution in [2.75, 3.05) is 19.7 Å². The Hall–Kier alpha value is -1.89. The van der Waals surface area contributed by atoms with Gasteiger partial charge in [0, 0.05) is 23.1 Å². The maximum atomic E-state index is 12.8. The number of carbonyl (C=O) groups is 3. The molecule has 1 saturated heterocycles. The summed E-state index contributed by atoms with van der Waals surface area (Å²) in [6.07, 6.45) is 1.57. The number of ether oxygens (including phenoxy) is 1. The van der Waals surface area contributed by atoms with Gasteiger partial charge in [0.1, 0.15) is 6.04 Å². The fraction of sp³-hybridized carbons (Fsp3) is 0.500. The Labute approximate surface area is 156 Å². The van der Waals surface area contributed by atoms with Gasteiger partial charge in [-0.15, -0.1) is 0 Å². The van der Waals surface area contributed by atoms with E-state index in [0.29, 0.717) is 25.3 Å². The van der Waals surface area contributed by atoms with Crippen molar-refractivity contribution in [3.63, 3.8) is 0 Å². The average molecular weight is 411 g/mol. The summed E-state index contributed by atoms with van der Waals surface area (Å²) < 4.78 is 5.97. The van der Waals surface area contributed by atoms with Gasteiger partial charge >= 0.3 is 5.97 Å². The maximum Gasteiger partial charge on any atom is 0.308 e. The first kappa shape index (κ1) is 19.4. The van der Waals surface area contributed by atoms with Crippen LogP contribution in [-0.2, 0) is 14.3 Å². The molecule has 0 saturated carbocycles. The number of benzene rings is 1. The van der Waals surface area contributed by atoms with Crippen LogP contribution in [-0.4, -0.2) is 48.4 Å². The van der Waals surface area contributed by atoms with E-state index in [2.05, 4.69) is 21.2 Å². The van der Waals surface area contributed by atoms with Gasteiger partial charge in [-0.05, 0) is 31.0 Å². The molecule has 1 aliphatic rings. The Morgan fingerprint density at radius 1 is 1.40 bits per heavy atom. The number of esters is 1. The highest BCUT2D eigenvalue weighted by atomic mass is 79.9. The normalized spacial score (nSPS) is 17.2. The van der Waals surface area contributed by atoms with Crippen LogP contribution in [0.25, 0.3) is 0 Å². The molecule has 1 atom stereocenters. The van der Waals surface area contributed by atoms with Gasteiger partial charge in [0.25, 0.3) is 5.91 Å². The lowest BCUT2D eigenvalue weighted by molar-refractivity contribution is -0.147. The van der Waals surface area contributed by atoms with Gasteiger partial charge < -0.3 is 15.0 Å². The molecule has 1 heterocycles. The fourth-order valence-corrected chi connectivity index (χ4v) is 2.98. The predicted octanol–water partition coefficient (Wildman–Crippen LogP) is 2.43. The molecule has 0 radical (unpaired) electrons. The zero-order valence-electron chi connectivity index (χ0n) is 14.5. The van der Waals surface area contributed by atoms with Crippen molar-refractivity contribution in [3.05, 3.63) is 33.8 Å². The van der Waals surface area contributed by atoms with Crippen LogP contribution in [0.4, 0.5) is 0 Å². The van der Waals surface area contributed by atoms with Gasteiger partial charge in [0.05, 0.1) is 13.0 Å². The summed E-state index contributed by atoms with van der Waals surface area (Å²) in [4.78, 5) is 38.5. The molecule has 0 bridgehead atoms. The largest absolute Gasteiger partial charge is 0.466 e. The van der Waals surface area contributed by atoms with Gasteiger partial charge in [-0.1, -0.05) is 35.3 Å². The molecule has 1 unspecified atom stereocenters. The number of carbonyl (C=O) groups excluding carboxylic acids is 3. The summed E-state index contributed by atoms with van der Waals surface area (Å²) in [5, 5.41) is 2.71. The summed E-state index contributed by atoms with van der Waals surface area (Å²) in [5.41, 5.74) is 1.50. The molecule has 6 nitrogen and oxygen atoms in total. The van der Waals surface area contributed by atoms with Crippen molar-refractivity contribution in [2.45, 2.75) is 39.2 Å². The fourth-order valence-electron chi connectivity index (χ4n) is 2.60. The van der Waals surface area contributed by atoms with Crippen LogP contribution in [0.5, 0.6) is 0 Å². The molecule has 25 heavy (non-hydrogen) atoms. The van der Waals surface area contributed by atoms with E-state index >= 15 is 0 Å². The highest BCUT2D eigenvalue weighted by Gasteiger charge is 2.35. The van der Waals surface area contributed by atoms with E-state index in [-0.39, 0.29) is 18.2 Å². The van der Waals surface area contributed by atoms with Crippen molar-refractivity contribution < 1.29 is 19.1 Å². The summed E-state index contributed by atoms with van der Waals surface area (Å²) in [5.74, 6) is -1.04. The van der Waals surface area contributed by atoms with Crippen molar-refractivity contribution in [2.24, 2.45) is 0 Å². The second kappa shape index (κ2) is 8.99. The molecule has 0 aromatic heterocycles. The minimum Gasteiger partial charge on any atom is -0.466 e. The van der Waals surface area contributed by atoms with Crippen molar-refractivity contribution >= 4 is 33.7 Å². The van der Waals surface area contributed by atoms with E-state index < -0.39 is 12.0 Å². The number of aryl methyl sites for hydroxylation is 1. The molecular weight excluding hydrogens is 388 g/mol. The molecule has 0 aliphatic carbocycles. The van der Waals surface area contributed by atoms with E-state index in [1.54, 1.807) is 12.1 Å². The number of hydrogen-bond acceptors (Lipinski definition) is 4. The molecule has 0 spiro atoms. The molecule has 7 heteroatoms. The second-order valence-corrected chi connectivity index (χ2v) is 6.90. The van der Waals surface area contributed by atoms with Crippen LogP contribution in [0.1, 0.15) is 42.1 Å².